The van der Waals surface area contributed by atoms with E-state index in [4.69, 9.17) is 4.74 Å². The lowest BCUT2D eigenvalue weighted by molar-refractivity contribution is -0.140. The van der Waals surface area contributed by atoms with E-state index in [2.05, 4.69) is 36.5 Å². The molecule has 0 aliphatic carbocycles. The minimum atomic E-state index is -0.652. The van der Waals surface area contributed by atoms with Crippen molar-refractivity contribution in [3.05, 3.63) is 101 Å². The molecule has 3 rings (SSSR count). The fourth-order valence-corrected chi connectivity index (χ4v) is 4.87. The summed E-state index contributed by atoms with van der Waals surface area (Å²) in [5, 5.41) is 3.11. The molecule has 6 heteroatoms. The van der Waals surface area contributed by atoms with Gasteiger partial charge in [-0.2, -0.15) is 0 Å². The van der Waals surface area contributed by atoms with Crippen LogP contribution in [-0.4, -0.2) is 41.2 Å². The molecule has 0 bridgehead atoms. The van der Waals surface area contributed by atoms with E-state index in [1.807, 2.05) is 75.4 Å². The maximum Gasteiger partial charge on any atom is 0.243 e. The predicted octanol–water partition coefficient (Wildman–Crippen LogP) is 5.79. The summed E-state index contributed by atoms with van der Waals surface area (Å²) in [5.74, 6) is 1.51. The number of thioether (sulfide) groups is 1. The Hall–Kier alpha value is -3.25. The zero-order valence-electron chi connectivity index (χ0n) is 22.5. The zero-order valence-corrected chi connectivity index (χ0v) is 23.3. The molecule has 37 heavy (non-hydrogen) atoms. The maximum absolute atomic E-state index is 13.7. The van der Waals surface area contributed by atoms with Gasteiger partial charge in [-0.15, -0.1) is 11.8 Å². The molecule has 0 aliphatic rings. The second-order valence-electron chi connectivity index (χ2n) is 10.3. The van der Waals surface area contributed by atoms with Crippen molar-refractivity contribution in [2.24, 2.45) is 0 Å². The third-order valence-electron chi connectivity index (χ3n) is 5.87. The number of nitrogens with one attached hydrogen (secondary N) is 1. The molecule has 0 heterocycles. The van der Waals surface area contributed by atoms with Crippen LogP contribution in [0.1, 0.15) is 43.0 Å². The minimum Gasteiger partial charge on any atom is -0.497 e. The Morgan fingerprint density at radius 1 is 0.919 bits per heavy atom. The molecule has 0 saturated heterocycles. The van der Waals surface area contributed by atoms with Crippen LogP contribution >= 0.6 is 11.8 Å². The van der Waals surface area contributed by atoms with Gasteiger partial charge in [-0.05, 0) is 56.5 Å². The van der Waals surface area contributed by atoms with Crippen molar-refractivity contribution in [3.63, 3.8) is 0 Å². The van der Waals surface area contributed by atoms with Gasteiger partial charge in [-0.1, -0.05) is 72.3 Å². The number of carbonyl (C=O) groups excluding carboxylic acids is 2. The number of nitrogens with zero attached hydrogens (tertiary/aromatic N) is 1. The van der Waals surface area contributed by atoms with Crippen molar-refractivity contribution in [1.82, 2.24) is 10.2 Å². The molecular formula is C31H38N2O3S. The average Bonchev–Trinajstić information content (AvgIpc) is 2.87. The fraction of sp³-hybridized carbons (Fsp3) is 0.355. The van der Waals surface area contributed by atoms with E-state index in [0.29, 0.717) is 13.0 Å². The maximum atomic E-state index is 13.7. The van der Waals surface area contributed by atoms with Gasteiger partial charge in [0.2, 0.25) is 11.8 Å². The summed E-state index contributed by atoms with van der Waals surface area (Å²) >= 11 is 1.57. The molecular weight excluding hydrogens is 480 g/mol. The van der Waals surface area contributed by atoms with Gasteiger partial charge in [0.05, 0.1) is 12.9 Å². The summed E-state index contributed by atoms with van der Waals surface area (Å²) in [5.41, 5.74) is 3.89. The monoisotopic (exact) mass is 518 g/mol. The third kappa shape index (κ3) is 9.29. The summed E-state index contributed by atoms with van der Waals surface area (Å²) in [4.78, 5) is 29.1. The number of aryl methyl sites for hydroxylation is 1. The van der Waals surface area contributed by atoms with E-state index in [1.54, 1.807) is 23.8 Å². The molecule has 0 radical (unpaired) electrons. The number of methoxy groups -OCH3 is 1. The van der Waals surface area contributed by atoms with Crippen LogP contribution in [-0.2, 0) is 28.3 Å². The fourth-order valence-electron chi connectivity index (χ4n) is 4.00. The van der Waals surface area contributed by atoms with Gasteiger partial charge < -0.3 is 15.0 Å². The molecule has 2 amide bonds. The molecule has 3 aromatic rings. The first-order valence-electron chi connectivity index (χ1n) is 12.6. The van der Waals surface area contributed by atoms with Gasteiger partial charge in [0.15, 0.2) is 0 Å². The van der Waals surface area contributed by atoms with Crippen LogP contribution in [0.5, 0.6) is 5.75 Å². The lowest BCUT2D eigenvalue weighted by atomic mass is 10.0. The van der Waals surface area contributed by atoms with Crippen LogP contribution in [0.4, 0.5) is 0 Å². The number of hydrogen-bond acceptors (Lipinski definition) is 4. The number of amides is 2. The SMILES string of the molecule is COc1cccc(CN(C(=O)CSCc2ccc(C)cc2)[C@H](Cc2ccccc2)C(=O)NC(C)(C)C)c1. The van der Waals surface area contributed by atoms with Crippen LogP contribution in [0.2, 0.25) is 0 Å². The summed E-state index contributed by atoms with van der Waals surface area (Å²) in [6, 6.07) is 25.2. The summed E-state index contributed by atoms with van der Waals surface area (Å²) in [6.07, 6.45) is 0.432. The molecule has 0 fully saturated rings. The zero-order chi connectivity index (χ0) is 26.8. The Labute approximate surface area is 225 Å². The van der Waals surface area contributed by atoms with Crippen LogP contribution in [0.25, 0.3) is 0 Å². The highest BCUT2D eigenvalue weighted by molar-refractivity contribution is 7.99. The van der Waals surface area contributed by atoms with Gasteiger partial charge in [-0.3, -0.25) is 9.59 Å². The van der Waals surface area contributed by atoms with Crippen LogP contribution in [0, 0.1) is 6.92 Å². The first kappa shape index (κ1) is 28.3. The highest BCUT2D eigenvalue weighted by Crippen LogP contribution is 2.21. The first-order chi connectivity index (χ1) is 17.6. The van der Waals surface area contributed by atoms with E-state index in [-0.39, 0.29) is 17.6 Å². The Balaban J connectivity index is 1.88. The quantitative estimate of drug-likeness (QED) is 0.349. The number of benzene rings is 3. The topological polar surface area (TPSA) is 58.6 Å². The normalized spacial score (nSPS) is 12.0. The Bertz CT molecular complexity index is 1160. The van der Waals surface area contributed by atoms with E-state index in [1.165, 1.54) is 11.1 Å². The van der Waals surface area contributed by atoms with Crippen LogP contribution in [0.15, 0.2) is 78.9 Å². The van der Waals surface area contributed by atoms with Crippen molar-refractivity contribution in [3.8, 4) is 5.75 Å². The Kier molecular flexibility index (Phi) is 10.2. The molecule has 196 valence electrons. The molecule has 0 aromatic heterocycles. The molecule has 0 aliphatic heterocycles. The van der Waals surface area contributed by atoms with Crippen LogP contribution < -0.4 is 10.1 Å². The second-order valence-corrected chi connectivity index (χ2v) is 11.3. The Morgan fingerprint density at radius 2 is 1.59 bits per heavy atom. The van der Waals surface area contributed by atoms with E-state index < -0.39 is 11.6 Å². The van der Waals surface area contributed by atoms with Crippen molar-refractivity contribution in [2.75, 3.05) is 12.9 Å². The number of carbonyl (C=O) groups is 2. The highest BCUT2D eigenvalue weighted by atomic mass is 32.2. The van der Waals surface area contributed by atoms with E-state index >= 15 is 0 Å². The molecule has 5 nitrogen and oxygen atoms in total. The van der Waals surface area contributed by atoms with E-state index in [0.717, 1.165) is 22.6 Å². The number of ether oxygens (including phenoxy) is 1. The smallest absolute Gasteiger partial charge is 0.243 e. The van der Waals surface area contributed by atoms with Crippen molar-refractivity contribution in [1.29, 1.82) is 0 Å². The van der Waals surface area contributed by atoms with Gasteiger partial charge in [0.25, 0.3) is 0 Å². The third-order valence-corrected chi connectivity index (χ3v) is 6.86. The van der Waals surface area contributed by atoms with Gasteiger partial charge in [0.1, 0.15) is 11.8 Å². The lowest BCUT2D eigenvalue weighted by Crippen LogP contribution is -2.54. The average molecular weight is 519 g/mol. The van der Waals surface area contributed by atoms with Crippen molar-refractivity contribution in [2.45, 2.75) is 58.0 Å². The first-order valence-corrected chi connectivity index (χ1v) is 13.7. The van der Waals surface area contributed by atoms with Gasteiger partial charge in [0, 0.05) is 24.3 Å². The molecule has 0 unspecified atom stereocenters. The largest absolute Gasteiger partial charge is 0.497 e. The molecule has 0 saturated carbocycles. The molecule has 1 atom stereocenters. The summed E-state index contributed by atoms with van der Waals surface area (Å²) < 4.78 is 5.40. The van der Waals surface area contributed by atoms with Crippen molar-refractivity contribution < 1.29 is 14.3 Å². The highest BCUT2D eigenvalue weighted by Gasteiger charge is 2.32. The minimum absolute atomic E-state index is 0.0649. The second kappa shape index (κ2) is 13.3. The summed E-state index contributed by atoms with van der Waals surface area (Å²) in [6.45, 7) is 8.24. The molecule has 0 spiro atoms. The standard InChI is InChI=1S/C31H38N2O3S/c1-23-14-16-25(17-15-23)21-37-22-29(34)33(20-26-12-9-13-27(18-26)36-5)28(30(35)32-31(2,3)4)19-24-10-7-6-8-11-24/h6-18,28H,19-22H2,1-5H3,(H,32,35)/t28-/m1/s1. The van der Waals surface area contributed by atoms with Gasteiger partial charge in [-0.25, -0.2) is 0 Å². The molecule has 1 N–H and O–H groups in total. The van der Waals surface area contributed by atoms with Crippen molar-refractivity contribution >= 4 is 23.6 Å². The predicted molar refractivity (Wildman–Crippen MR) is 153 cm³/mol. The Morgan fingerprint density at radius 3 is 2.24 bits per heavy atom. The number of rotatable bonds is 11. The lowest BCUT2D eigenvalue weighted by Gasteiger charge is -2.34. The molecule has 3 aromatic carbocycles. The van der Waals surface area contributed by atoms with Gasteiger partial charge >= 0.3 is 0 Å². The summed E-state index contributed by atoms with van der Waals surface area (Å²) in [7, 11) is 1.62. The van der Waals surface area contributed by atoms with Crippen LogP contribution in [0.3, 0.4) is 0 Å². The van der Waals surface area contributed by atoms with E-state index in [9.17, 15) is 9.59 Å². The number of hydrogen-bond donors (Lipinski definition) is 1.